The van der Waals surface area contributed by atoms with Gasteiger partial charge in [-0.05, 0) is 6.92 Å². The molecule has 0 unspecified atom stereocenters. The van der Waals surface area contributed by atoms with Gasteiger partial charge in [0.25, 0.3) is 0 Å². The predicted molar refractivity (Wildman–Crippen MR) is 77.1 cm³/mol. The first-order valence-corrected chi connectivity index (χ1v) is 7.37. The second-order valence-electron chi connectivity index (χ2n) is 4.63. The molecule has 5 nitrogen and oxygen atoms in total. The highest BCUT2D eigenvalue weighted by atomic mass is 32.1. The Hall–Kier alpha value is -2.21. The molecule has 1 saturated heterocycles. The van der Waals surface area contributed by atoms with Gasteiger partial charge < -0.3 is 9.47 Å². The maximum Gasteiger partial charge on any atom is 0.351 e. The van der Waals surface area contributed by atoms with E-state index in [0.717, 1.165) is 10.6 Å². The Labute approximate surface area is 125 Å². The van der Waals surface area contributed by atoms with Crippen LogP contribution in [0.4, 0.5) is 0 Å². The number of nitrogens with zero attached hydrogens (tertiary/aromatic N) is 1. The number of thiazole rings is 1. The molecule has 1 fully saturated rings. The molecule has 2 aromatic rings. The van der Waals surface area contributed by atoms with Crippen LogP contribution in [-0.2, 0) is 14.3 Å². The lowest BCUT2D eigenvalue weighted by Crippen LogP contribution is -2.22. The minimum atomic E-state index is -0.802. The molecule has 1 aliphatic rings. The number of aryl methyl sites for hydroxylation is 1. The van der Waals surface area contributed by atoms with Gasteiger partial charge in [0, 0.05) is 12.0 Å². The molecule has 0 aliphatic carbocycles. The second-order valence-corrected chi connectivity index (χ2v) is 5.83. The van der Waals surface area contributed by atoms with Crippen LogP contribution in [0.3, 0.4) is 0 Å². The van der Waals surface area contributed by atoms with Gasteiger partial charge in [-0.25, -0.2) is 14.6 Å². The molecule has 1 aromatic heterocycles. The highest BCUT2D eigenvalue weighted by Gasteiger charge is 2.32. The molecule has 108 valence electrons. The zero-order chi connectivity index (χ0) is 14.8. The Morgan fingerprint density at radius 1 is 1.38 bits per heavy atom. The second kappa shape index (κ2) is 5.65. The zero-order valence-electron chi connectivity index (χ0n) is 11.4. The molecule has 1 atom stereocenters. The number of esters is 2. The average molecular weight is 303 g/mol. The molecule has 1 aromatic carbocycles. The van der Waals surface area contributed by atoms with E-state index in [1.165, 1.54) is 11.3 Å². The number of hydrogen-bond donors (Lipinski definition) is 0. The maximum absolute atomic E-state index is 12.3. The van der Waals surface area contributed by atoms with Crippen molar-refractivity contribution in [1.29, 1.82) is 0 Å². The van der Waals surface area contributed by atoms with Crippen molar-refractivity contribution in [3.05, 3.63) is 40.2 Å². The summed E-state index contributed by atoms with van der Waals surface area (Å²) in [7, 11) is 0. The van der Waals surface area contributed by atoms with Gasteiger partial charge in [-0.2, -0.15) is 0 Å². The Bertz CT molecular complexity index is 680. The van der Waals surface area contributed by atoms with Crippen LogP contribution in [0.5, 0.6) is 0 Å². The first-order chi connectivity index (χ1) is 10.1. The monoisotopic (exact) mass is 303 g/mol. The van der Waals surface area contributed by atoms with E-state index in [1.54, 1.807) is 0 Å². The number of cyclic esters (lactones) is 1. The van der Waals surface area contributed by atoms with E-state index >= 15 is 0 Å². The lowest BCUT2D eigenvalue weighted by atomic mass is 10.1. The summed E-state index contributed by atoms with van der Waals surface area (Å²) >= 11 is 1.26. The Balaban J connectivity index is 1.88. The van der Waals surface area contributed by atoms with E-state index in [4.69, 9.17) is 9.47 Å². The van der Waals surface area contributed by atoms with E-state index in [0.29, 0.717) is 23.6 Å². The van der Waals surface area contributed by atoms with Crippen molar-refractivity contribution in [1.82, 2.24) is 4.98 Å². The van der Waals surface area contributed by atoms with E-state index in [1.807, 2.05) is 37.3 Å². The van der Waals surface area contributed by atoms with Crippen LogP contribution in [0.25, 0.3) is 11.3 Å². The molecule has 3 rings (SSSR count). The van der Waals surface area contributed by atoms with Gasteiger partial charge in [-0.1, -0.05) is 30.3 Å². The van der Waals surface area contributed by atoms with Crippen molar-refractivity contribution < 1.29 is 19.1 Å². The number of ether oxygens (including phenoxy) is 2. The molecule has 0 amide bonds. The third-order valence-corrected chi connectivity index (χ3v) is 4.05. The van der Waals surface area contributed by atoms with Crippen LogP contribution in [0.2, 0.25) is 0 Å². The molecular weight excluding hydrogens is 290 g/mol. The number of carbonyl (C=O) groups excluding carboxylic acids is 2. The quantitative estimate of drug-likeness (QED) is 0.815. The van der Waals surface area contributed by atoms with Crippen molar-refractivity contribution >= 4 is 23.3 Å². The van der Waals surface area contributed by atoms with Crippen molar-refractivity contribution in [2.24, 2.45) is 0 Å². The van der Waals surface area contributed by atoms with Gasteiger partial charge in [0.2, 0.25) is 6.10 Å². The van der Waals surface area contributed by atoms with Crippen LogP contribution in [0.1, 0.15) is 21.1 Å². The average Bonchev–Trinajstić information content (AvgIpc) is 3.06. The highest BCUT2D eigenvalue weighted by Crippen LogP contribution is 2.29. The molecule has 0 spiro atoms. The molecule has 0 radical (unpaired) electrons. The van der Waals surface area contributed by atoms with Gasteiger partial charge in [0.15, 0.2) is 0 Å². The lowest BCUT2D eigenvalue weighted by Gasteiger charge is -2.08. The zero-order valence-corrected chi connectivity index (χ0v) is 12.2. The summed E-state index contributed by atoms with van der Waals surface area (Å²) in [6.45, 7) is 2.13. The maximum atomic E-state index is 12.3. The molecule has 1 aliphatic heterocycles. The first-order valence-electron chi connectivity index (χ1n) is 6.55. The van der Waals surface area contributed by atoms with Crippen LogP contribution < -0.4 is 0 Å². The smallest absolute Gasteiger partial charge is 0.351 e. The lowest BCUT2D eigenvalue weighted by molar-refractivity contribution is -0.145. The highest BCUT2D eigenvalue weighted by molar-refractivity contribution is 7.14. The number of rotatable bonds is 3. The molecule has 6 heteroatoms. The molecule has 0 saturated carbocycles. The summed E-state index contributed by atoms with van der Waals surface area (Å²) in [6.07, 6.45) is -0.397. The largest absolute Gasteiger partial charge is 0.463 e. The third kappa shape index (κ3) is 2.80. The summed E-state index contributed by atoms with van der Waals surface area (Å²) in [6, 6.07) is 9.43. The van der Waals surface area contributed by atoms with E-state index in [-0.39, 0.29) is 0 Å². The van der Waals surface area contributed by atoms with Crippen molar-refractivity contribution in [2.75, 3.05) is 6.61 Å². The summed E-state index contributed by atoms with van der Waals surface area (Å²) < 4.78 is 10.0. The van der Waals surface area contributed by atoms with E-state index in [9.17, 15) is 9.59 Å². The van der Waals surface area contributed by atoms with Gasteiger partial charge in [-0.15, -0.1) is 11.3 Å². The number of carbonyl (C=O) groups is 2. The van der Waals surface area contributed by atoms with Crippen LogP contribution in [0, 0.1) is 6.92 Å². The molecule has 0 N–H and O–H groups in total. The minimum Gasteiger partial charge on any atom is -0.463 e. The summed E-state index contributed by atoms with van der Waals surface area (Å²) in [5.74, 6) is -1.01. The molecule has 2 heterocycles. The standard InChI is InChI=1S/C15H13NO4S/c1-9-16-12(10-5-3-2-4-6-10)13(21-9)15(18)20-11-7-8-19-14(11)17/h2-6,11H,7-8H2,1H3/t11-/m0/s1. The van der Waals surface area contributed by atoms with Crippen LogP contribution in [0.15, 0.2) is 30.3 Å². The minimum absolute atomic E-state index is 0.296. The van der Waals surface area contributed by atoms with E-state index in [2.05, 4.69) is 4.98 Å². The topological polar surface area (TPSA) is 65.5 Å². The number of hydrogen-bond acceptors (Lipinski definition) is 6. The molecular formula is C15H13NO4S. The fourth-order valence-electron chi connectivity index (χ4n) is 2.12. The van der Waals surface area contributed by atoms with Crippen molar-refractivity contribution in [3.63, 3.8) is 0 Å². The first kappa shape index (κ1) is 13.8. The Morgan fingerprint density at radius 3 is 2.81 bits per heavy atom. The summed E-state index contributed by atoms with van der Waals surface area (Å²) in [5, 5.41) is 0.773. The fourth-order valence-corrected chi connectivity index (χ4v) is 2.95. The van der Waals surface area contributed by atoms with Gasteiger partial charge in [0.05, 0.1) is 17.3 Å². The normalized spacial score (nSPS) is 17.6. The van der Waals surface area contributed by atoms with Crippen LogP contribution in [-0.4, -0.2) is 29.6 Å². The number of benzene rings is 1. The summed E-state index contributed by atoms with van der Waals surface area (Å²) in [5.41, 5.74) is 1.44. The fraction of sp³-hybridized carbons (Fsp3) is 0.267. The Kier molecular flexibility index (Phi) is 3.70. The van der Waals surface area contributed by atoms with Gasteiger partial charge in [0.1, 0.15) is 4.88 Å². The van der Waals surface area contributed by atoms with Crippen LogP contribution >= 0.6 is 11.3 Å². The SMILES string of the molecule is Cc1nc(-c2ccccc2)c(C(=O)O[C@H]2CCOC2=O)s1. The van der Waals surface area contributed by atoms with E-state index < -0.39 is 18.0 Å². The predicted octanol–water partition coefficient (Wildman–Crippen LogP) is 2.59. The number of aromatic nitrogens is 1. The van der Waals surface area contributed by atoms with Crippen molar-refractivity contribution in [3.8, 4) is 11.3 Å². The van der Waals surface area contributed by atoms with Crippen molar-refractivity contribution in [2.45, 2.75) is 19.4 Å². The molecule has 21 heavy (non-hydrogen) atoms. The molecule has 0 bridgehead atoms. The van der Waals surface area contributed by atoms with Gasteiger partial charge >= 0.3 is 11.9 Å². The third-order valence-electron chi connectivity index (χ3n) is 3.10. The Morgan fingerprint density at radius 2 is 2.14 bits per heavy atom. The van der Waals surface area contributed by atoms with Gasteiger partial charge in [-0.3, -0.25) is 0 Å². The summed E-state index contributed by atoms with van der Waals surface area (Å²) in [4.78, 5) is 28.5.